The number of methoxy groups -OCH3 is 2. The summed E-state index contributed by atoms with van der Waals surface area (Å²) in [5, 5.41) is 0. The van der Waals surface area contributed by atoms with Crippen LogP contribution in [0.3, 0.4) is 0 Å². The first-order valence-electron chi connectivity index (χ1n) is 5.89. The van der Waals surface area contributed by atoms with Gasteiger partial charge in [-0.15, -0.1) is 11.6 Å². The lowest BCUT2D eigenvalue weighted by molar-refractivity contribution is 0.333. The summed E-state index contributed by atoms with van der Waals surface area (Å²) in [5.74, 6) is 7.64. The molecule has 4 nitrogen and oxygen atoms in total. The standard InChI is InChI=1S/C13H19ClN2O2/c1-9(2)11-13(18-4)15-10(7-5-6-8-14)12(16-11)17-3/h9-11H,7-8H2,1-4H3/t10-,11+/m1/s1. The molecule has 0 saturated heterocycles. The summed E-state index contributed by atoms with van der Waals surface area (Å²) >= 11 is 5.51. The van der Waals surface area contributed by atoms with Gasteiger partial charge in [0.25, 0.3) is 0 Å². The number of rotatable bonds is 2. The molecule has 0 spiro atoms. The molecular weight excluding hydrogens is 252 g/mol. The third-order valence-electron chi connectivity index (χ3n) is 2.62. The first kappa shape index (κ1) is 14.8. The summed E-state index contributed by atoms with van der Waals surface area (Å²) in [6.45, 7) is 4.15. The normalized spacial score (nSPS) is 22.8. The molecule has 1 heterocycles. The Labute approximate surface area is 113 Å². The average molecular weight is 271 g/mol. The van der Waals surface area contributed by atoms with Crippen molar-refractivity contribution < 1.29 is 9.47 Å². The molecule has 1 aliphatic rings. The number of aliphatic imine (C=N–C) groups is 2. The van der Waals surface area contributed by atoms with Crippen molar-refractivity contribution in [3.8, 4) is 11.8 Å². The highest BCUT2D eigenvalue weighted by atomic mass is 35.5. The second kappa shape index (κ2) is 7.27. The maximum atomic E-state index is 5.51. The van der Waals surface area contributed by atoms with Gasteiger partial charge in [0, 0.05) is 6.42 Å². The van der Waals surface area contributed by atoms with Gasteiger partial charge in [-0.25, -0.2) is 9.98 Å². The molecule has 100 valence electrons. The van der Waals surface area contributed by atoms with Crippen LogP contribution in [0.1, 0.15) is 20.3 Å². The third kappa shape index (κ3) is 3.64. The number of halogens is 1. The topological polar surface area (TPSA) is 43.2 Å². The Hall–Kier alpha value is -1.21. The van der Waals surface area contributed by atoms with Gasteiger partial charge in [0.1, 0.15) is 12.1 Å². The van der Waals surface area contributed by atoms with E-state index in [1.165, 1.54) is 0 Å². The van der Waals surface area contributed by atoms with Crippen molar-refractivity contribution in [2.24, 2.45) is 15.9 Å². The molecule has 0 aromatic carbocycles. The van der Waals surface area contributed by atoms with Crippen LogP contribution in [-0.4, -0.2) is 44.0 Å². The zero-order valence-corrected chi connectivity index (χ0v) is 12.0. The molecule has 0 amide bonds. The summed E-state index contributed by atoms with van der Waals surface area (Å²) in [6, 6.07) is -0.280. The molecule has 0 bridgehead atoms. The second-order valence-electron chi connectivity index (χ2n) is 4.24. The molecule has 0 unspecified atom stereocenters. The van der Waals surface area contributed by atoms with Crippen molar-refractivity contribution in [1.82, 2.24) is 0 Å². The number of hydrogen-bond acceptors (Lipinski definition) is 4. The van der Waals surface area contributed by atoms with E-state index >= 15 is 0 Å². The van der Waals surface area contributed by atoms with Crippen LogP contribution in [0.2, 0.25) is 0 Å². The fourth-order valence-corrected chi connectivity index (χ4v) is 1.80. The number of alkyl halides is 1. The van der Waals surface area contributed by atoms with Gasteiger partial charge >= 0.3 is 0 Å². The van der Waals surface area contributed by atoms with Gasteiger partial charge in [-0.1, -0.05) is 25.7 Å². The minimum Gasteiger partial charge on any atom is -0.483 e. The second-order valence-corrected chi connectivity index (χ2v) is 4.51. The van der Waals surface area contributed by atoms with E-state index in [0.29, 0.717) is 30.0 Å². The molecule has 1 aliphatic heterocycles. The summed E-state index contributed by atoms with van der Waals surface area (Å²) in [5.41, 5.74) is 0. The molecule has 0 N–H and O–H groups in total. The van der Waals surface area contributed by atoms with Crippen molar-refractivity contribution in [3.63, 3.8) is 0 Å². The van der Waals surface area contributed by atoms with E-state index < -0.39 is 0 Å². The summed E-state index contributed by atoms with van der Waals surface area (Å²) in [7, 11) is 3.22. The Bertz CT molecular complexity index is 394. The SMILES string of the molecule is COC1=N[C@H](CC#CCCl)C(OC)=N[C@H]1C(C)C. The van der Waals surface area contributed by atoms with E-state index in [1.807, 2.05) is 0 Å². The highest BCUT2D eigenvalue weighted by Crippen LogP contribution is 2.18. The van der Waals surface area contributed by atoms with E-state index in [9.17, 15) is 0 Å². The summed E-state index contributed by atoms with van der Waals surface area (Å²) in [4.78, 5) is 9.07. The van der Waals surface area contributed by atoms with E-state index in [4.69, 9.17) is 21.1 Å². The van der Waals surface area contributed by atoms with Gasteiger partial charge in [0.05, 0.1) is 20.1 Å². The Morgan fingerprint density at radius 1 is 1.17 bits per heavy atom. The van der Waals surface area contributed by atoms with Crippen LogP contribution < -0.4 is 0 Å². The Kier molecular flexibility index (Phi) is 6.00. The minimum atomic E-state index is -0.198. The van der Waals surface area contributed by atoms with Gasteiger partial charge in [0.2, 0.25) is 11.8 Å². The Balaban J connectivity index is 2.91. The van der Waals surface area contributed by atoms with Gasteiger partial charge < -0.3 is 9.47 Å². The maximum Gasteiger partial charge on any atom is 0.210 e. The number of hydrogen-bond donors (Lipinski definition) is 0. The Morgan fingerprint density at radius 3 is 2.33 bits per heavy atom. The van der Waals surface area contributed by atoms with Gasteiger partial charge in [-0.05, 0) is 5.92 Å². The quantitative estimate of drug-likeness (QED) is 0.570. The molecule has 0 aliphatic carbocycles. The summed E-state index contributed by atoms with van der Waals surface area (Å²) in [6.07, 6.45) is 0.539. The van der Waals surface area contributed by atoms with Crippen molar-refractivity contribution in [2.45, 2.75) is 32.4 Å². The van der Waals surface area contributed by atoms with Gasteiger partial charge in [-0.3, -0.25) is 0 Å². The van der Waals surface area contributed by atoms with E-state index in [1.54, 1.807) is 14.2 Å². The zero-order chi connectivity index (χ0) is 13.5. The first-order valence-corrected chi connectivity index (χ1v) is 6.42. The van der Waals surface area contributed by atoms with Crippen LogP contribution >= 0.6 is 11.6 Å². The molecular formula is C13H19ClN2O2. The minimum absolute atomic E-state index is 0.0813. The fraction of sp³-hybridized carbons (Fsp3) is 0.692. The molecule has 5 heteroatoms. The monoisotopic (exact) mass is 270 g/mol. The lowest BCUT2D eigenvalue weighted by atomic mass is 10.0. The smallest absolute Gasteiger partial charge is 0.210 e. The van der Waals surface area contributed by atoms with E-state index in [-0.39, 0.29) is 12.1 Å². The number of nitrogens with zero attached hydrogens (tertiary/aromatic N) is 2. The largest absolute Gasteiger partial charge is 0.483 e. The van der Waals surface area contributed by atoms with Crippen molar-refractivity contribution in [2.75, 3.05) is 20.1 Å². The average Bonchev–Trinajstić information content (AvgIpc) is 2.38. The van der Waals surface area contributed by atoms with Crippen LogP contribution in [0.15, 0.2) is 9.98 Å². The Morgan fingerprint density at radius 2 is 1.83 bits per heavy atom. The molecule has 18 heavy (non-hydrogen) atoms. The van der Waals surface area contributed by atoms with Gasteiger partial charge in [-0.2, -0.15) is 0 Å². The molecule has 0 radical (unpaired) electrons. The van der Waals surface area contributed by atoms with Crippen molar-refractivity contribution >= 4 is 23.4 Å². The molecule has 0 aromatic heterocycles. The highest BCUT2D eigenvalue weighted by Gasteiger charge is 2.30. The number of ether oxygens (including phenoxy) is 2. The zero-order valence-electron chi connectivity index (χ0n) is 11.2. The van der Waals surface area contributed by atoms with Crippen LogP contribution in [0.5, 0.6) is 0 Å². The molecule has 0 saturated carbocycles. The summed E-state index contributed by atoms with van der Waals surface area (Å²) < 4.78 is 10.6. The molecule has 0 aromatic rings. The van der Waals surface area contributed by atoms with E-state index in [2.05, 4.69) is 35.7 Å². The molecule has 1 rings (SSSR count). The molecule has 0 fully saturated rings. The third-order valence-corrected chi connectivity index (χ3v) is 2.76. The van der Waals surface area contributed by atoms with Crippen molar-refractivity contribution in [3.05, 3.63) is 0 Å². The van der Waals surface area contributed by atoms with E-state index in [0.717, 1.165) is 0 Å². The predicted octanol–water partition coefficient (Wildman–Crippen LogP) is 2.12. The maximum absolute atomic E-state index is 5.51. The van der Waals surface area contributed by atoms with Crippen molar-refractivity contribution in [1.29, 1.82) is 0 Å². The first-order chi connectivity index (χ1) is 8.63. The highest BCUT2D eigenvalue weighted by molar-refractivity contribution is 6.19. The lowest BCUT2D eigenvalue weighted by Crippen LogP contribution is -2.37. The predicted molar refractivity (Wildman–Crippen MR) is 74.4 cm³/mol. The van der Waals surface area contributed by atoms with Crippen LogP contribution in [-0.2, 0) is 9.47 Å². The lowest BCUT2D eigenvalue weighted by Gasteiger charge is -2.26. The van der Waals surface area contributed by atoms with Crippen LogP contribution in [0.25, 0.3) is 0 Å². The van der Waals surface area contributed by atoms with Gasteiger partial charge in [0.15, 0.2) is 0 Å². The van der Waals surface area contributed by atoms with Crippen LogP contribution in [0, 0.1) is 17.8 Å². The molecule has 2 atom stereocenters. The fourth-order valence-electron chi connectivity index (χ4n) is 1.71. The van der Waals surface area contributed by atoms with Crippen LogP contribution in [0.4, 0.5) is 0 Å².